The summed E-state index contributed by atoms with van der Waals surface area (Å²) in [5.41, 5.74) is 6.68. The van der Waals surface area contributed by atoms with Gasteiger partial charge in [-0.05, 0) is 18.4 Å². The van der Waals surface area contributed by atoms with Crippen LogP contribution in [0.15, 0.2) is 42.5 Å². The van der Waals surface area contributed by atoms with Gasteiger partial charge in [0.25, 0.3) is 0 Å². The predicted octanol–water partition coefficient (Wildman–Crippen LogP) is 2.79. The molecule has 0 saturated heterocycles. The molecule has 0 atom stereocenters. The Labute approximate surface area is 97.2 Å². The van der Waals surface area contributed by atoms with Crippen molar-refractivity contribution in [3.63, 3.8) is 0 Å². The standard InChI is InChI=1S/C14H19NO/c1-4-14(5-2,11(3)13(15)16)12-9-7-6-8-10-12/h6-10H,3-5H2,1-2H3,(H2,15,16). The highest BCUT2D eigenvalue weighted by molar-refractivity contribution is 5.94. The van der Waals surface area contributed by atoms with Gasteiger partial charge in [0.15, 0.2) is 0 Å². The van der Waals surface area contributed by atoms with Gasteiger partial charge in [-0.25, -0.2) is 0 Å². The first kappa shape index (κ1) is 12.5. The zero-order valence-corrected chi connectivity index (χ0v) is 9.99. The Bertz CT molecular complexity index is 377. The van der Waals surface area contributed by atoms with Crippen LogP contribution in [0.25, 0.3) is 0 Å². The van der Waals surface area contributed by atoms with Crippen LogP contribution in [0.3, 0.4) is 0 Å². The van der Waals surface area contributed by atoms with Gasteiger partial charge in [-0.3, -0.25) is 4.79 Å². The van der Waals surface area contributed by atoms with Gasteiger partial charge in [0.1, 0.15) is 0 Å². The maximum atomic E-state index is 11.4. The predicted molar refractivity (Wildman–Crippen MR) is 67.0 cm³/mol. The Hall–Kier alpha value is -1.57. The molecule has 0 unspecified atom stereocenters. The molecule has 0 heterocycles. The molecule has 0 radical (unpaired) electrons. The fourth-order valence-electron chi connectivity index (χ4n) is 2.25. The minimum atomic E-state index is -0.410. The Morgan fingerprint density at radius 1 is 1.25 bits per heavy atom. The molecule has 0 aliphatic heterocycles. The van der Waals surface area contributed by atoms with Gasteiger partial charge in [-0.1, -0.05) is 50.8 Å². The molecule has 1 aromatic carbocycles. The van der Waals surface area contributed by atoms with Gasteiger partial charge < -0.3 is 5.73 Å². The monoisotopic (exact) mass is 217 g/mol. The van der Waals surface area contributed by atoms with Crippen LogP contribution in [0, 0.1) is 0 Å². The molecule has 0 aliphatic rings. The Balaban J connectivity index is 3.26. The third kappa shape index (κ3) is 2.01. The fourth-order valence-corrected chi connectivity index (χ4v) is 2.25. The summed E-state index contributed by atoms with van der Waals surface area (Å²) in [6, 6.07) is 9.97. The number of hydrogen-bond acceptors (Lipinski definition) is 1. The Morgan fingerprint density at radius 3 is 2.12 bits per heavy atom. The minimum absolute atomic E-state index is 0.312. The van der Waals surface area contributed by atoms with Gasteiger partial charge >= 0.3 is 0 Å². The Kier molecular flexibility index (Phi) is 3.88. The van der Waals surface area contributed by atoms with Crippen molar-refractivity contribution in [1.82, 2.24) is 0 Å². The molecule has 1 aromatic rings. The van der Waals surface area contributed by atoms with Gasteiger partial charge in [-0.2, -0.15) is 0 Å². The molecule has 2 N–H and O–H groups in total. The van der Waals surface area contributed by atoms with Crippen molar-refractivity contribution in [3.05, 3.63) is 48.0 Å². The van der Waals surface area contributed by atoms with Gasteiger partial charge in [0.2, 0.25) is 5.91 Å². The summed E-state index contributed by atoms with van der Waals surface area (Å²) in [6.45, 7) is 7.99. The summed E-state index contributed by atoms with van der Waals surface area (Å²) < 4.78 is 0. The topological polar surface area (TPSA) is 43.1 Å². The van der Waals surface area contributed by atoms with E-state index < -0.39 is 5.91 Å². The zero-order valence-electron chi connectivity index (χ0n) is 9.99. The molecular formula is C14H19NO. The molecule has 0 bridgehead atoms. The van der Waals surface area contributed by atoms with E-state index in [1.807, 2.05) is 30.3 Å². The molecule has 0 spiro atoms. The third-order valence-electron chi connectivity index (χ3n) is 3.41. The van der Waals surface area contributed by atoms with Crippen LogP contribution in [-0.2, 0) is 10.2 Å². The van der Waals surface area contributed by atoms with Gasteiger partial charge in [0, 0.05) is 11.0 Å². The van der Waals surface area contributed by atoms with Crippen molar-refractivity contribution in [2.24, 2.45) is 5.73 Å². The van der Waals surface area contributed by atoms with Crippen molar-refractivity contribution >= 4 is 5.91 Å². The maximum Gasteiger partial charge on any atom is 0.244 e. The summed E-state index contributed by atoms with van der Waals surface area (Å²) in [7, 11) is 0. The average molecular weight is 217 g/mol. The van der Waals surface area contributed by atoms with E-state index in [0.717, 1.165) is 18.4 Å². The van der Waals surface area contributed by atoms with E-state index in [-0.39, 0.29) is 5.41 Å². The molecule has 1 amide bonds. The number of benzene rings is 1. The number of primary amides is 1. The second kappa shape index (κ2) is 4.97. The first-order valence-corrected chi connectivity index (χ1v) is 5.63. The number of amides is 1. The van der Waals surface area contributed by atoms with Crippen molar-refractivity contribution in [3.8, 4) is 0 Å². The number of hydrogen-bond donors (Lipinski definition) is 1. The third-order valence-corrected chi connectivity index (χ3v) is 3.41. The van der Waals surface area contributed by atoms with E-state index in [4.69, 9.17) is 5.73 Å². The largest absolute Gasteiger partial charge is 0.366 e. The normalized spacial score (nSPS) is 11.1. The van der Waals surface area contributed by atoms with Crippen molar-refractivity contribution in [2.75, 3.05) is 0 Å². The molecular weight excluding hydrogens is 198 g/mol. The van der Waals surface area contributed by atoms with Gasteiger partial charge in [-0.15, -0.1) is 0 Å². The van der Waals surface area contributed by atoms with Crippen LogP contribution in [0.1, 0.15) is 32.3 Å². The van der Waals surface area contributed by atoms with Crippen molar-refractivity contribution < 1.29 is 4.79 Å². The summed E-state index contributed by atoms with van der Waals surface area (Å²) in [6.07, 6.45) is 1.66. The van der Waals surface area contributed by atoms with E-state index in [2.05, 4.69) is 20.4 Å². The molecule has 1 rings (SSSR count). The smallest absolute Gasteiger partial charge is 0.244 e. The number of carbonyl (C=O) groups excluding carboxylic acids is 1. The first-order valence-electron chi connectivity index (χ1n) is 5.63. The molecule has 0 aromatic heterocycles. The average Bonchev–Trinajstić information content (AvgIpc) is 2.32. The van der Waals surface area contributed by atoms with Crippen LogP contribution in [0.5, 0.6) is 0 Å². The SMILES string of the molecule is C=C(C(N)=O)C(CC)(CC)c1ccccc1. The maximum absolute atomic E-state index is 11.4. The van der Waals surface area contributed by atoms with E-state index in [0.29, 0.717) is 5.57 Å². The van der Waals surface area contributed by atoms with E-state index in [1.54, 1.807) is 0 Å². The lowest BCUT2D eigenvalue weighted by atomic mass is 9.70. The van der Waals surface area contributed by atoms with Crippen LogP contribution in [-0.4, -0.2) is 5.91 Å². The molecule has 0 aliphatic carbocycles. The van der Waals surface area contributed by atoms with Crippen LogP contribution >= 0.6 is 0 Å². The molecule has 16 heavy (non-hydrogen) atoms. The number of rotatable bonds is 5. The summed E-state index contributed by atoms with van der Waals surface area (Å²) in [5, 5.41) is 0. The quantitative estimate of drug-likeness (QED) is 0.757. The Morgan fingerprint density at radius 2 is 1.75 bits per heavy atom. The number of carbonyl (C=O) groups is 1. The first-order chi connectivity index (χ1) is 7.58. The van der Waals surface area contributed by atoms with Crippen molar-refractivity contribution in [2.45, 2.75) is 32.1 Å². The van der Waals surface area contributed by atoms with Crippen molar-refractivity contribution in [1.29, 1.82) is 0 Å². The second-order valence-corrected chi connectivity index (χ2v) is 4.00. The molecule has 0 fully saturated rings. The molecule has 0 saturated carbocycles. The zero-order chi connectivity index (χ0) is 12.2. The lowest BCUT2D eigenvalue weighted by Crippen LogP contribution is -2.33. The van der Waals surface area contributed by atoms with E-state index in [1.165, 1.54) is 0 Å². The minimum Gasteiger partial charge on any atom is -0.366 e. The molecule has 2 nitrogen and oxygen atoms in total. The molecule has 2 heteroatoms. The summed E-state index contributed by atoms with van der Waals surface area (Å²) in [4.78, 5) is 11.4. The van der Waals surface area contributed by atoms with Crippen LogP contribution in [0.4, 0.5) is 0 Å². The van der Waals surface area contributed by atoms with Gasteiger partial charge in [0.05, 0.1) is 0 Å². The summed E-state index contributed by atoms with van der Waals surface area (Å²) in [5.74, 6) is -0.410. The van der Waals surface area contributed by atoms with Crippen LogP contribution < -0.4 is 5.73 Å². The van der Waals surface area contributed by atoms with E-state index >= 15 is 0 Å². The number of nitrogens with two attached hydrogens (primary N) is 1. The lowest BCUT2D eigenvalue weighted by molar-refractivity contribution is -0.115. The van der Waals surface area contributed by atoms with Crippen LogP contribution in [0.2, 0.25) is 0 Å². The fraction of sp³-hybridized carbons (Fsp3) is 0.357. The second-order valence-electron chi connectivity index (χ2n) is 4.00. The van der Waals surface area contributed by atoms with E-state index in [9.17, 15) is 4.79 Å². The summed E-state index contributed by atoms with van der Waals surface area (Å²) >= 11 is 0. The highest BCUT2D eigenvalue weighted by atomic mass is 16.1. The highest BCUT2D eigenvalue weighted by Gasteiger charge is 2.34. The molecule has 86 valence electrons. The highest BCUT2D eigenvalue weighted by Crippen LogP contribution is 2.37. The lowest BCUT2D eigenvalue weighted by Gasteiger charge is -2.33.